The topological polar surface area (TPSA) is 75.7 Å². The van der Waals surface area contributed by atoms with Crippen LogP contribution in [0.3, 0.4) is 0 Å². The Balaban J connectivity index is 2.20. The number of rotatable bonds is 4. The van der Waals surface area contributed by atoms with Crippen LogP contribution in [0, 0.1) is 0 Å². The summed E-state index contributed by atoms with van der Waals surface area (Å²) >= 11 is 0. The van der Waals surface area contributed by atoms with Gasteiger partial charge < -0.3 is 10.1 Å². The molecule has 0 radical (unpaired) electrons. The van der Waals surface area contributed by atoms with Crippen molar-refractivity contribution in [2.24, 2.45) is 0 Å². The van der Waals surface area contributed by atoms with Crippen molar-refractivity contribution in [3.63, 3.8) is 0 Å². The Hall–Kier alpha value is -2.37. The van der Waals surface area contributed by atoms with Gasteiger partial charge in [-0.1, -0.05) is 38.1 Å². The van der Waals surface area contributed by atoms with Crippen molar-refractivity contribution in [2.75, 3.05) is 6.54 Å². The third-order valence-electron chi connectivity index (χ3n) is 4.14. The highest BCUT2D eigenvalue weighted by Crippen LogP contribution is 2.30. The van der Waals surface area contributed by atoms with Crippen LogP contribution in [0.4, 0.5) is 4.79 Å². The normalized spacial score (nSPS) is 20.8. The Labute approximate surface area is 148 Å². The molecule has 1 fully saturated rings. The molecule has 1 atom stereocenters. The van der Waals surface area contributed by atoms with E-state index >= 15 is 0 Å². The summed E-state index contributed by atoms with van der Waals surface area (Å²) in [6, 6.07) is 6.98. The summed E-state index contributed by atoms with van der Waals surface area (Å²) in [4.78, 5) is 37.9. The second-order valence-corrected chi connectivity index (χ2v) is 7.81. The van der Waals surface area contributed by atoms with Crippen molar-refractivity contribution in [1.82, 2.24) is 10.2 Å². The standard InChI is InChI=1S/C19H26N2O4/c1-12(2)13-7-9-14(10-8-13)19(6)16(23)21(17(24)20-19)11-15(22)25-18(3,4)5/h7-10,12H,11H2,1-6H3,(H,20,24). The van der Waals surface area contributed by atoms with Crippen LogP contribution in [0.15, 0.2) is 24.3 Å². The van der Waals surface area contributed by atoms with E-state index in [2.05, 4.69) is 19.2 Å². The van der Waals surface area contributed by atoms with Gasteiger partial charge in [0, 0.05) is 0 Å². The molecule has 2 rings (SSSR count). The van der Waals surface area contributed by atoms with Crippen molar-refractivity contribution in [3.05, 3.63) is 35.4 Å². The van der Waals surface area contributed by atoms with E-state index in [9.17, 15) is 14.4 Å². The summed E-state index contributed by atoms with van der Waals surface area (Å²) in [6.07, 6.45) is 0. The Kier molecular flexibility index (Phi) is 4.93. The Morgan fingerprint density at radius 3 is 2.24 bits per heavy atom. The molecular weight excluding hydrogens is 320 g/mol. The summed E-state index contributed by atoms with van der Waals surface area (Å²) in [5.41, 5.74) is -0.0299. The molecule has 3 amide bonds. The minimum atomic E-state index is -1.19. The predicted molar refractivity (Wildman–Crippen MR) is 94.0 cm³/mol. The molecule has 1 aromatic rings. The van der Waals surface area contributed by atoms with Crippen LogP contribution in [0.2, 0.25) is 0 Å². The third kappa shape index (κ3) is 4.00. The lowest BCUT2D eigenvalue weighted by atomic mass is 9.90. The summed E-state index contributed by atoms with van der Waals surface area (Å²) in [6.45, 7) is 10.6. The zero-order chi connectivity index (χ0) is 19.0. The van der Waals surface area contributed by atoms with Gasteiger partial charge in [0.1, 0.15) is 17.7 Å². The fourth-order valence-electron chi connectivity index (χ4n) is 2.74. The molecule has 0 aliphatic carbocycles. The fraction of sp³-hybridized carbons (Fsp3) is 0.526. The summed E-state index contributed by atoms with van der Waals surface area (Å²) in [7, 11) is 0. The second-order valence-electron chi connectivity index (χ2n) is 7.81. The number of imide groups is 1. The maximum absolute atomic E-state index is 12.8. The maximum atomic E-state index is 12.8. The van der Waals surface area contributed by atoms with Gasteiger partial charge in [0.25, 0.3) is 5.91 Å². The zero-order valence-electron chi connectivity index (χ0n) is 15.7. The minimum Gasteiger partial charge on any atom is -0.459 e. The van der Waals surface area contributed by atoms with Gasteiger partial charge in [0.05, 0.1) is 0 Å². The van der Waals surface area contributed by atoms with Gasteiger partial charge >= 0.3 is 12.0 Å². The predicted octanol–water partition coefficient (Wildman–Crippen LogP) is 2.92. The lowest BCUT2D eigenvalue weighted by molar-refractivity contribution is -0.157. The van der Waals surface area contributed by atoms with Crippen LogP contribution >= 0.6 is 0 Å². The number of hydrogen-bond acceptors (Lipinski definition) is 4. The molecular formula is C19H26N2O4. The van der Waals surface area contributed by atoms with E-state index in [-0.39, 0.29) is 0 Å². The molecule has 0 spiro atoms. The maximum Gasteiger partial charge on any atom is 0.326 e. The number of nitrogens with zero attached hydrogens (tertiary/aromatic N) is 1. The van der Waals surface area contributed by atoms with Gasteiger partial charge in [-0.3, -0.25) is 14.5 Å². The lowest BCUT2D eigenvalue weighted by Gasteiger charge is -2.23. The molecule has 136 valence electrons. The van der Waals surface area contributed by atoms with Gasteiger partial charge in [-0.15, -0.1) is 0 Å². The van der Waals surface area contributed by atoms with Gasteiger partial charge in [-0.05, 0) is 44.7 Å². The van der Waals surface area contributed by atoms with Crippen LogP contribution in [0.25, 0.3) is 0 Å². The largest absolute Gasteiger partial charge is 0.459 e. The quantitative estimate of drug-likeness (QED) is 0.672. The molecule has 25 heavy (non-hydrogen) atoms. The van der Waals surface area contributed by atoms with Gasteiger partial charge in [0.2, 0.25) is 0 Å². The van der Waals surface area contributed by atoms with Crippen LogP contribution in [0.5, 0.6) is 0 Å². The van der Waals surface area contributed by atoms with Crippen LogP contribution < -0.4 is 5.32 Å². The second kappa shape index (κ2) is 6.50. The molecule has 0 bridgehead atoms. The van der Waals surface area contributed by atoms with E-state index < -0.39 is 35.6 Å². The average molecular weight is 346 g/mol. The van der Waals surface area contributed by atoms with Gasteiger partial charge in [0.15, 0.2) is 0 Å². The van der Waals surface area contributed by atoms with E-state index in [4.69, 9.17) is 4.74 Å². The first-order chi connectivity index (χ1) is 11.4. The molecule has 6 heteroatoms. The number of hydrogen-bond donors (Lipinski definition) is 1. The first-order valence-corrected chi connectivity index (χ1v) is 8.40. The molecule has 1 aromatic carbocycles. The van der Waals surface area contributed by atoms with Crippen molar-refractivity contribution < 1.29 is 19.1 Å². The number of esters is 1. The highest BCUT2D eigenvalue weighted by Gasteiger charge is 2.49. The molecule has 1 N–H and O–H groups in total. The molecule has 1 saturated heterocycles. The molecule has 1 aliphatic heterocycles. The monoisotopic (exact) mass is 346 g/mol. The number of urea groups is 1. The highest BCUT2D eigenvalue weighted by molar-refractivity contribution is 6.08. The zero-order valence-corrected chi connectivity index (χ0v) is 15.7. The Bertz CT molecular complexity index is 688. The number of carbonyl (C=O) groups is 3. The van der Waals surface area contributed by atoms with E-state index in [1.54, 1.807) is 27.7 Å². The number of ether oxygens (including phenoxy) is 1. The smallest absolute Gasteiger partial charge is 0.326 e. The van der Waals surface area contributed by atoms with Crippen LogP contribution in [-0.2, 0) is 19.9 Å². The third-order valence-corrected chi connectivity index (χ3v) is 4.14. The highest BCUT2D eigenvalue weighted by atomic mass is 16.6. The van der Waals surface area contributed by atoms with Crippen LogP contribution in [0.1, 0.15) is 58.6 Å². The minimum absolute atomic E-state index is 0.374. The lowest BCUT2D eigenvalue weighted by Crippen LogP contribution is -2.42. The first-order valence-electron chi connectivity index (χ1n) is 8.40. The van der Waals surface area contributed by atoms with E-state index in [1.807, 2.05) is 24.3 Å². The van der Waals surface area contributed by atoms with Crippen molar-refractivity contribution in [1.29, 1.82) is 0 Å². The van der Waals surface area contributed by atoms with E-state index in [0.29, 0.717) is 11.5 Å². The molecule has 1 unspecified atom stereocenters. The SMILES string of the molecule is CC(C)c1ccc(C2(C)NC(=O)N(CC(=O)OC(C)(C)C)C2=O)cc1. The molecule has 1 aliphatic rings. The van der Waals surface area contributed by atoms with Crippen molar-refractivity contribution in [3.8, 4) is 0 Å². The van der Waals surface area contributed by atoms with E-state index in [1.165, 1.54) is 0 Å². The molecule has 0 saturated carbocycles. The van der Waals surface area contributed by atoms with Gasteiger partial charge in [-0.2, -0.15) is 0 Å². The van der Waals surface area contributed by atoms with Crippen LogP contribution in [-0.4, -0.2) is 35.0 Å². The average Bonchev–Trinajstić information content (AvgIpc) is 2.70. The first kappa shape index (κ1) is 19.0. The number of carbonyl (C=O) groups excluding carboxylic acids is 3. The molecule has 0 aromatic heterocycles. The number of amides is 3. The summed E-state index contributed by atoms with van der Waals surface area (Å²) in [5.74, 6) is -0.699. The fourth-order valence-corrected chi connectivity index (χ4v) is 2.74. The molecule has 6 nitrogen and oxygen atoms in total. The van der Waals surface area contributed by atoms with E-state index in [0.717, 1.165) is 10.5 Å². The Morgan fingerprint density at radius 1 is 1.20 bits per heavy atom. The van der Waals surface area contributed by atoms with Crippen molar-refractivity contribution in [2.45, 2.75) is 58.6 Å². The number of nitrogens with one attached hydrogen (secondary N) is 1. The van der Waals surface area contributed by atoms with Crippen molar-refractivity contribution >= 4 is 17.9 Å². The summed E-state index contributed by atoms with van der Waals surface area (Å²) in [5, 5.41) is 2.69. The molecule has 1 heterocycles. The summed E-state index contributed by atoms with van der Waals surface area (Å²) < 4.78 is 5.20. The number of benzene rings is 1. The van der Waals surface area contributed by atoms with Gasteiger partial charge in [-0.25, -0.2) is 4.79 Å². The Morgan fingerprint density at radius 2 is 1.76 bits per heavy atom.